The highest BCUT2D eigenvalue weighted by atomic mass is 16.4. The van der Waals surface area contributed by atoms with Gasteiger partial charge in [0.1, 0.15) is 6.04 Å². The molecule has 1 fully saturated rings. The molecule has 1 rings (SSSR count). The Morgan fingerprint density at radius 1 is 1.58 bits per heavy atom. The molecule has 0 aromatic rings. The number of carbonyl (C=O) groups excluding carboxylic acids is 1. The fraction of sp³-hybridized carbons (Fsp3) is 0.750. The summed E-state index contributed by atoms with van der Waals surface area (Å²) in [5.41, 5.74) is 0. The third-order valence-corrected chi connectivity index (χ3v) is 1.97. The average molecular weight is 171 g/mol. The SMILES string of the molecule is CC[C@@H](NC(=O)C1CC1)C(=O)O. The Morgan fingerprint density at radius 3 is 2.50 bits per heavy atom. The van der Waals surface area contributed by atoms with Gasteiger partial charge in [0.15, 0.2) is 0 Å². The molecule has 0 aromatic heterocycles. The Hall–Kier alpha value is -1.06. The maximum atomic E-state index is 11.1. The Labute approximate surface area is 71.0 Å². The molecule has 1 aliphatic carbocycles. The zero-order valence-corrected chi connectivity index (χ0v) is 7.04. The van der Waals surface area contributed by atoms with Gasteiger partial charge in [-0.25, -0.2) is 4.79 Å². The number of carboxylic acid groups (broad SMARTS) is 1. The zero-order valence-electron chi connectivity index (χ0n) is 7.04. The summed E-state index contributed by atoms with van der Waals surface area (Å²) >= 11 is 0. The molecule has 68 valence electrons. The quantitative estimate of drug-likeness (QED) is 0.642. The molecule has 0 aliphatic heterocycles. The van der Waals surface area contributed by atoms with Crippen molar-refractivity contribution in [1.29, 1.82) is 0 Å². The van der Waals surface area contributed by atoms with Gasteiger partial charge in [-0.05, 0) is 19.3 Å². The Kier molecular flexibility index (Phi) is 2.68. The highest BCUT2D eigenvalue weighted by Gasteiger charge is 2.31. The van der Waals surface area contributed by atoms with Crippen molar-refractivity contribution in [3.63, 3.8) is 0 Å². The second kappa shape index (κ2) is 3.56. The largest absolute Gasteiger partial charge is 0.480 e. The second-order valence-electron chi connectivity index (χ2n) is 3.08. The van der Waals surface area contributed by atoms with E-state index in [-0.39, 0.29) is 11.8 Å². The lowest BCUT2D eigenvalue weighted by Crippen LogP contribution is -2.40. The number of rotatable bonds is 4. The molecule has 0 saturated heterocycles. The molecule has 1 aliphatic rings. The van der Waals surface area contributed by atoms with Crippen LogP contribution in [0.15, 0.2) is 0 Å². The smallest absolute Gasteiger partial charge is 0.326 e. The van der Waals surface area contributed by atoms with Crippen molar-refractivity contribution in [3.05, 3.63) is 0 Å². The van der Waals surface area contributed by atoms with Crippen LogP contribution < -0.4 is 5.32 Å². The van der Waals surface area contributed by atoms with Crippen molar-refractivity contribution in [2.24, 2.45) is 5.92 Å². The minimum absolute atomic E-state index is 0.0819. The minimum atomic E-state index is -0.952. The molecule has 1 saturated carbocycles. The number of nitrogens with one attached hydrogen (secondary N) is 1. The van der Waals surface area contributed by atoms with Gasteiger partial charge in [-0.2, -0.15) is 0 Å². The zero-order chi connectivity index (χ0) is 9.14. The van der Waals surface area contributed by atoms with Crippen molar-refractivity contribution in [2.75, 3.05) is 0 Å². The highest BCUT2D eigenvalue weighted by molar-refractivity contribution is 5.86. The average Bonchev–Trinajstić information content (AvgIpc) is 2.80. The van der Waals surface area contributed by atoms with Crippen LogP contribution >= 0.6 is 0 Å². The van der Waals surface area contributed by atoms with Crippen LogP contribution in [0.1, 0.15) is 26.2 Å². The minimum Gasteiger partial charge on any atom is -0.480 e. The van der Waals surface area contributed by atoms with Gasteiger partial charge in [0.25, 0.3) is 0 Å². The predicted octanol–water partition coefficient (Wildman–Crippen LogP) is 0.376. The molecule has 1 atom stereocenters. The van der Waals surface area contributed by atoms with Crippen molar-refractivity contribution in [1.82, 2.24) is 5.32 Å². The molecule has 1 amide bonds. The normalized spacial score (nSPS) is 18.4. The third-order valence-electron chi connectivity index (χ3n) is 1.97. The molecule has 0 spiro atoms. The Bertz CT molecular complexity index is 198. The van der Waals surface area contributed by atoms with Gasteiger partial charge >= 0.3 is 5.97 Å². The summed E-state index contributed by atoms with van der Waals surface area (Å²) in [6.07, 6.45) is 2.25. The van der Waals surface area contributed by atoms with Crippen LogP contribution in [-0.2, 0) is 9.59 Å². The molecule has 2 N–H and O–H groups in total. The van der Waals surface area contributed by atoms with Gasteiger partial charge < -0.3 is 10.4 Å². The monoisotopic (exact) mass is 171 g/mol. The fourth-order valence-corrected chi connectivity index (χ4v) is 0.974. The molecular formula is C8H13NO3. The topological polar surface area (TPSA) is 66.4 Å². The van der Waals surface area contributed by atoms with E-state index in [0.29, 0.717) is 6.42 Å². The molecule has 0 heterocycles. The maximum absolute atomic E-state index is 11.1. The van der Waals surface area contributed by atoms with Gasteiger partial charge in [0.05, 0.1) is 0 Å². The van der Waals surface area contributed by atoms with Crippen molar-refractivity contribution >= 4 is 11.9 Å². The van der Waals surface area contributed by atoms with Crippen molar-refractivity contribution in [2.45, 2.75) is 32.2 Å². The molecule has 4 heteroatoms. The first-order valence-corrected chi connectivity index (χ1v) is 4.18. The van der Waals surface area contributed by atoms with E-state index in [2.05, 4.69) is 5.32 Å². The number of hydrogen-bond acceptors (Lipinski definition) is 2. The van der Waals surface area contributed by atoms with E-state index in [1.807, 2.05) is 0 Å². The van der Waals surface area contributed by atoms with E-state index in [9.17, 15) is 9.59 Å². The van der Waals surface area contributed by atoms with E-state index in [1.165, 1.54) is 0 Å². The molecule has 4 nitrogen and oxygen atoms in total. The molecule has 0 unspecified atom stereocenters. The van der Waals surface area contributed by atoms with Gasteiger partial charge in [0.2, 0.25) is 5.91 Å². The summed E-state index contributed by atoms with van der Waals surface area (Å²) in [6, 6.07) is -0.710. The van der Waals surface area contributed by atoms with Crippen molar-refractivity contribution in [3.8, 4) is 0 Å². The fourth-order valence-electron chi connectivity index (χ4n) is 0.974. The van der Waals surface area contributed by atoms with E-state index in [4.69, 9.17) is 5.11 Å². The van der Waals surface area contributed by atoms with Crippen LogP contribution in [0.5, 0.6) is 0 Å². The van der Waals surface area contributed by atoms with E-state index < -0.39 is 12.0 Å². The summed E-state index contributed by atoms with van der Waals surface area (Å²) in [6.45, 7) is 1.74. The second-order valence-corrected chi connectivity index (χ2v) is 3.08. The van der Waals surface area contributed by atoms with Gasteiger partial charge in [-0.1, -0.05) is 6.92 Å². The number of carboxylic acids is 1. The standard InChI is InChI=1S/C8H13NO3/c1-2-6(8(11)12)9-7(10)5-3-4-5/h5-6H,2-4H2,1H3,(H,9,10)(H,11,12)/t6-/m1/s1. The van der Waals surface area contributed by atoms with Crippen LogP contribution in [0.3, 0.4) is 0 Å². The Morgan fingerprint density at radius 2 is 2.17 bits per heavy atom. The summed E-state index contributed by atoms with van der Waals surface area (Å²) < 4.78 is 0. The Balaban J connectivity index is 2.35. The summed E-state index contributed by atoms with van der Waals surface area (Å²) in [5.74, 6) is -0.978. The molecule has 0 radical (unpaired) electrons. The van der Waals surface area contributed by atoms with Crippen LogP contribution in [0.25, 0.3) is 0 Å². The van der Waals surface area contributed by atoms with Gasteiger partial charge in [0, 0.05) is 5.92 Å². The van der Waals surface area contributed by atoms with Gasteiger partial charge in [-0.3, -0.25) is 4.79 Å². The van der Waals surface area contributed by atoms with E-state index >= 15 is 0 Å². The lowest BCUT2D eigenvalue weighted by molar-refractivity contribution is -0.142. The first kappa shape index (κ1) is 9.03. The summed E-state index contributed by atoms with van der Waals surface area (Å²) in [7, 11) is 0. The van der Waals surface area contributed by atoms with Crippen LogP contribution in [0, 0.1) is 5.92 Å². The number of hydrogen-bond donors (Lipinski definition) is 2. The van der Waals surface area contributed by atoms with Crippen LogP contribution in [0.4, 0.5) is 0 Å². The predicted molar refractivity (Wildman–Crippen MR) is 42.6 cm³/mol. The molecule has 0 bridgehead atoms. The first-order valence-electron chi connectivity index (χ1n) is 4.18. The molecular weight excluding hydrogens is 158 g/mol. The first-order chi connectivity index (χ1) is 5.65. The highest BCUT2D eigenvalue weighted by Crippen LogP contribution is 2.28. The summed E-state index contributed by atoms with van der Waals surface area (Å²) in [5, 5.41) is 11.1. The number of amides is 1. The van der Waals surface area contributed by atoms with Gasteiger partial charge in [-0.15, -0.1) is 0 Å². The molecule has 12 heavy (non-hydrogen) atoms. The van der Waals surface area contributed by atoms with Crippen molar-refractivity contribution < 1.29 is 14.7 Å². The van der Waals surface area contributed by atoms with Crippen LogP contribution in [-0.4, -0.2) is 23.0 Å². The third kappa shape index (κ3) is 2.22. The van der Waals surface area contributed by atoms with E-state index in [1.54, 1.807) is 6.92 Å². The maximum Gasteiger partial charge on any atom is 0.326 e. The summed E-state index contributed by atoms with van der Waals surface area (Å²) in [4.78, 5) is 21.6. The lowest BCUT2D eigenvalue weighted by atomic mass is 10.2. The number of carbonyl (C=O) groups is 2. The van der Waals surface area contributed by atoms with Crippen LogP contribution in [0.2, 0.25) is 0 Å². The van der Waals surface area contributed by atoms with E-state index in [0.717, 1.165) is 12.8 Å². The molecule has 0 aromatic carbocycles. The lowest BCUT2D eigenvalue weighted by Gasteiger charge is -2.11. The number of aliphatic carboxylic acids is 1.